The van der Waals surface area contributed by atoms with Gasteiger partial charge in [0.1, 0.15) is 6.54 Å². The molecule has 1 N–H and O–H groups in total. The monoisotopic (exact) mass is 263 g/mol. The van der Waals surface area contributed by atoms with Gasteiger partial charge in [0.05, 0.1) is 6.61 Å². The summed E-state index contributed by atoms with van der Waals surface area (Å²) in [6.07, 6.45) is 0.626. The first kappa shape index (κ1) is 14.9. The van der Waals surface area contributed by atoms with Crippen molar-refractivity contribution in [3.63, 3.8) is 0 Å². The van der Waals surface area contributed by atoms with Crippen molar-refractivity contribution in [3.05, 3.63) is 0 Å². The van der Waals surface area contributed by atoms with Crippen molar-refractivity contribution in [3.8, 4) is 0 Å². The molecule has 104 valence electrons. The second-order valence-electron chi connectivity index (χ2n) is 4.59. The predicted molar refractivity (Wildman–Crippen MR) is 61.2 cm³/mol. The number of halogens is 2. The zero-order chi connectivity index (χ0) is 13.6. The summed E-state index contributed by atoms with van der Waals surface area (Å²) in [5.74, 6) is -3.34. The van der Waals surface area contributed by atoms with Gasteiger partial charge in [0.25, 0.3) is 0 Å². The molecule has 0 bridgehead atoms. The molecule has 1 amide bonds. The maximum Gasteiger partial charge on any atom is 0.325 e. The zero-order valence-electron chi connectivity index (χ0n) is 10.5. The number of nitrogens with one attached hydrogen (secondary N) is 1. The van der Waals surface area contributed by atoms with E-state index in [4.69, 9.17) is 0 Å². The minimum atomic E-state index is -2.57. The minimum absolute atomic E-state index is 0.00757. The summed E-state index contributed by atoms with van der Waals surface area (Å²) in [7, 11) is 0. The summed E-state index contributed by atoms with van der Waals surface area (Å²) >= 11 is 0. The van der Waals surface area contributed by atoms with Gasteiger partial charge in [-0.15, -0.1) is 0 Å². The third kappa shape index (κ3) is 5.42. The highest BCUT2D eigenvalue weighted by atomic mass is 19.3. The summed E-state index contributed by atoms with van der Waals surface area (Å²) in [4.78, 5) is 22.5. The van der Waals surface area contributed by atoms with Gasteiger partial charge in [-0.25, -0.2) is 8.78 Å². The van der Waals surface area contributed by atoms with E-state index < -0.39 is 11.9 Å². The lowest BCUT2D eigenvalue weighted by Crippen LogP contribution is -2.33. The summed E-state index contributed by atoms with van der Waals surface area (Å²) in [6, 6.07) is 0. The van der Waals surface area contributed by atoms with Crippen molar-refractivity contribution in [1.82, 2.24) is 5.32 Å². The lowest BCUT2D eigenvalue weighted by molar-refractivity contribution is -0.143. The van der Waals surface area contributed by atoms with Crippen LogP contribution in [-0.4, -0.2) is 31.0 Å². The molecule has 0 aromatic heterocycles. The zero-order valence-corrected chi connectivity index (χ0v) is 10.5. The van der Waals surface area contributed by atoms with Crippen LogP contribution >= 0.6 is 0 Å². The average Bonchev–Trinajstić information content (AvgIpc) is 2.30. The van der Waals surface area contributed by atoms with Gasteiger partial charge in [0.15, 0.2) is 0 Å². The number of carbonyl (C=O) groups excluding carboxylic acids is 2. The van der Waals surface area contributed by atoms with Crippen LogP contribution in [0, 0.1) is 5.92 Å². The Morgan fingerprint density at radius 3 is 2.50 bits per heavy atom. The molecule has 0 saturated heterocycles. The number of rotatable bonds is 5. The molecule has 0 aromatic rings. The van der Waals surface area contributed by atoms with Crippen LogP contribution in [0.25, 0.3) is 0 Å². The first-order valence-electron chi connectivity index (χ1n) is 6.23. The van der Waals surface area contributed by atoms with Crippen LogP contribution in [0.1, 0.15) is 39.0 Å². The molecule has 1 rings (SSSR count). The van der Waals surface area contributed by atoms with Gasteiger partial charge in [-0.3, -0.25) is 9.59 Å². The Kier molecular flexibility index (Phi) is 5.50. The van der Waals surface area contributed by atoms with Gasteiger partial charge in [-0.1, -0.05) is 0 Å². The molecule has 0 unspecified atom stereocenters. The molecular formula is C12H19F2NO3. The molecule has 0 spiro atoms. The van der Waals surface area contributed by atoms with E-state index in [1.165, 1.54) is 0 Å². The molecule has 4 nitrogen and oxygen atoms in total. The predicted octanol–water partition coefficient (Wildman–Crippen LogP) is 1.88. The summed E-state index contributed by atoms with van der Waals surface area (Å²) < 4.78 is 30.4. The van der Waals surface area contributed by atoms with Crippen LogP contribution in [0.2, 0.25) is 0 Å². The Labute approximate surface area is 105 Å². The molecule has 0 aliphatic heterocycles. The Morgan fingerprint density at radius 1 is 1.33 bits per heavy atom. The lowest BCUT2D eigenvalue weighted by Gasteiger charge is -2.27. The standard InChI is InChI=1S/C12H19F2NO3/c1-2-18-11(17)8-15-10(16)7-9-3-5-12(13,14)6-4-9/h9H,2-8H2,1H3,(H,15,16). The first-order valence-corrected chi connectivity index (χ1v) is 6.23. The van der Waals surface area contributed by atoms with Gasteiger partial charge >= 0.3 is 5.97 Å². The largest absolute Gasteiger partial charge is 0.465 e. The van der Waals surface area contributed by atoms with Crippen LogP contribution in [0.5, 0.6) is 0 Å². The highest BCUT2D eigenvalue weighted by molar-refractivity contribution is 5.81. The highest BCUT2D eigenvalue weighted by Crippen LogP contribution is 2.37. The van der Waals surface area contributed by atoms with Crippen LogP contribution in [0.3, 0.4) is 0 Å². The molecule has 1 saturated carbocycles. The summed E-state index contributed by atoms with van der Waals surface area (Å²) in [6.45, 7) is 1.80. The van der Waals surface area contributed by atoms with Crippen molar-refractivity contribution >= 4 is 11.9 Å². The van der Waals surface area contributed by atoms with E-state index in [-0.39, 0.29) is 44.2 Å². The van der Waals surface area contributed by atoms with Gasteiger partial charge in [-0.2, -0.15) is 0 Å². The number of alkyl halides is 2. The topological polar surface area (TPSA) is 55.4 Å². The highest BCUT2D eigenvalue weighted by Gasteiger charge is 2.35. The van der Waals surface area contributed by atoms with E-state index >= 15 is 0 Å². The van der Waals surface area contributed by atoms with Crippen molar-refractivity contribution in [2.24, 2.45) is 5.92 Å². The third-order valence-electron chi connectivity index (χ3n) is 3.05. The second-order valence-corrected chi connectivity index (χ2v) is 4.59. The van der Waals surface area contributed by atoms with Crippen molar-refractivity contribution < 1.29 is 23.1 Å². The molecule has 0 aromatic carbocycles. The van der Waals surface area contributed by atoms with Crippen molar-refractivity contribution in [1.29, 1.82) is 0 Å². The molecule has 0 radical (unpaired) electrons. The second kappa shape index (κ2) is 6.66. The molecule has 0 heterocycles. The quantitative estimate of drug-likeness (QED) is 0.770. The number of ether oxygens (including phenoxy) is 1. The molecular weight excluding hydrogens is 244 g/mol. The van der Waals surface area contributed by atoms with Crippen molar-refractivity contribution in [2.75, 3.05) is 13.2 Å². The molecule has 6 heteroatoms. The van der Waals surface area contributed by atoms with Crippen LogP contribution in [0.15, 0.2) is 0 Å². The number of esters is 1. The third-order valence-corrected chi connectivity index (χ3v) is 3.05. The molecule has 1 aliphatic rings. The van der Waals surface area contributed by atoms with Crippen LogP contribution < -0.4 is 5.32 Å². The summed E-state index contributed by atoms with van der Waals surface area (Å²) in [5, 5.41) is 2.43. The fourth-order valence-electron chi connectivity index (χ4n) is 2.02. The van der Waals surface area contributed by atoms with E-state index in [9.17, 15) is 18.4 Å². The first-order chi connectivity index (χ1) is 8.43. The Bertz CT molecular complexity index is 298. The Morgan fingerprint density at radius 2 is 1.94 bits per heavy atom. The van der Waals surface area contributed by atoms with Gasteiger partial charge < -0.3 is 10.1 Å². The maximum absolute atomic E-state index is 12.9. The van der Waals surface area contributed by atoms with E-state index in [2.05, 4.69) is 10.1 Å². The van der Waals surface area contributed by atoms with Gasteiger partial charge in [0, 0.05) is 19.3 Å². The van der Waals surface area contributed by atoms with E-state index in [1.54, 1.807) is 6.92 Å². The van der Waals surface area contributed by atoms with E-state index in [0.717, 1.165) is 0 Å². The maximum atomic E-state index is 12.9. The number of carbonyl (C=O) groups is 2. The fourth-order valence-corrected chi connectivity index (χ4v) is 2.02. The number of hydrogen-bond donors (Lipinski definition) is 1. The lowest BCUT2D eigenvalue weighted by atomic mass is 9.84. The number of amides is 1. The van der Waals surface area contributed by atoms with Gasteiger partial charge in [-0.05, 0) is 25.7 Å². The van der Waals surface area contributed by atoms with E-state index in [0.29, 0.717) is 12.8 Å². The molecule has 1 fully saturated rings. The molecule has 1 aliphatic carbocycles. The Hall–Kier alpha value is -1.20. The van der Waals surface area contributed by atoms with Crippen LogP contribution in [-0.2, 0) is 14.3 Å². The van der Waals surface area contributed by atoms with E-state index in [1.807, 2.05) is 0 Å². The molecule has 0 atom stereocenters. The normalized spacial score (nSPS) is 19.3. The SMILES string of the molecule is CCOC(=O)CNC(=O)CC1CCC(F)(F)CC1. The minimum Gasteiger partial charge on any atom is -0.465 e. The smallest absolute Gasteiger partial charge is 0.325 e. The van der Waals surface area contributed by atoms with Gasteiger partial charge in [0.2, 0.25) is 11.8 Å². The number of hydrogen-bond acceptors (Lipinski definition) is 3. The molecule has 18 heavy (non-hydrogen) atoms. The van der Waals surface area contributed by atoms with Crippen LogP contribution in [0.4, 0.5) is 8.78 Å². The average molecular weight is 263 g/mol. The fraction of sp³-hybridized carbons (Fsp3) is 0.833. The van der Waals surface area contributed by atoms with Crippen molar-refractivity contribution in [2.45, 2.75) is 45.0 Å². The summed E-state index contributed by atoms with van der Waals surface area (Å²) in [5.41, 5.74) is 0. The Balaban J connectivity index is 2.19.